The second-order valence-electron chi connectivity index (χ2n) is 6.46. The average Bonchev–Trinajstić information content (AvgIpc) is 3.12. The van der Waals surface area contributed by atoms with Gasteiger partial charge in [0.2, 0.25) is 0 Å². The first-order valence-electron chi connectivity index (χ1n) is 9.33. The number of benzene rings is 2. The van der Waals surface area contributed by atoms with Crippen LogP contribution in [-0.2, 0) is 9.53 Å². The van der Waals surface area contributed by atoms with E-state index >= 15 is 0 Å². The number of esters is 1. The van der Waals surface area contributed by atoms with E-state index < -0.39 is 11.9 Å². The molecule has 0 aliphatic heterocycles. The number of thiophene rings is 1. The Hall–Kier alpha value is -3.89. The molecule has 0 atom stereocenters. The summed E-state index contributed by atoms with van der Waals surface area (Å²) in [7, 11) is 2.80. The highest BCUT2D eigenvalue weighted by Gasteiger charge is 2.25. The number of nitrogens with zero attached hydrogens (tertiary/aromatic N) is 1. The number of carbonyl (C=O) groups is 2. The topological polar surface area (TPSA) is 88.4 Å². The van der Waals surface area contributed by atoms with E-state index in [0.29, 0.717) is 21.9 Å². The summed E-state index contributed by atoms with van der Waals surface area (Å²) in [6.07, 6.45) is 1.45. The van der Waals surface area contributed by atoms with Crippen molar-refractivity contribution in [3.05, 3.63) is 76.2 Å². The van der Waals surface area contributed by atoms with Crippen LogP contribution < -0.4 is 10.1 Å². The van der Waals surface area contributed by atoms with Gasteiger partial charge in [-0.2, -0.15) is 5.26 Å². The summed E-state index contributed by atoms with van der Waals surface area (Å²) >= 11 is 1.26. The van der Waals surface area contributed by atoms with Gasteiger partial charge in [-0.15, -0.1) is 11.3 Å². The number of aryl methyl sites for hydroxylation is 1. The standard InChI is InChI=1S/C24H20N2O4S/c1-15-20(16-9-5-4-6-10-16)21(24(28)30-3)23(31-15)26-22(27)18(14-25)13-17-11-7-8-12-19(17)29-2/h4-13H,1-3H3,(H,26,27). The minimum Gasteiger partial charge on any atom is -0.496 e. The Kier molecular flexibility index (Phi) is 6.85. The fraction of sp³-hybridized carbons (Fsp3) is 0.125. The lowest BCUT2D eigenvalue weighted by molar-refractivity contribution is -0.112. The molecule has 1 heterocycles. The summed E-state index contributed by atoms with van der Waals surface area (Å²) in [4.78, 5) is 26.3. The van der Waals surface area contributed by atoms with Gasteiger partial charge < -0.3 is 14.8 Å². The number of rotatable bonds is 6. The van der Waals surface area contributed by atoms with Crippen molar-refractivity contribution in [1.29, 1.82) is 5.26 Å². The van der Waals surface area contributed by atoms with E-state index in [4.69, 9.17) is 9.47 Å². The number of amides is 1. The van der Waals surface area contributed by atoms with Gasteiger partial charge in [-0.25, -0.2) is 4.79 Å². The van der Waals surface area contributed by atoms with Crippen LogP contribution in [0.4, 0.5) is 5.00 Å². The molecule has 6 nitrogen and oxygen atoms in total. The van der Waals surface area contributed by atoms with E-state index in [9.17, 15) is 14.9 Å². The van der Waals surface area contributed by atoms with Gasteiger partial charge in [0.15, 0.2) is 0 Å². The van der Waals surface area contributed by atoms with Crippen molar-refractivity contribution in [3.8, 4) is 22.9 Å². The normalized spacial score (nSPS) is 10.8. The van der Waals surface area contributed by atoms with E-state index in [1.807, 2.05) is 43.3 Å². The predicted octanol–water partition coefficient (Wildman–Crippen LogP) is 5.06. The van der Waals surface area contributed by atoms with Crippen molar-refractivity contribution >= 4 is 34.3 Å². The van der Waals surface area contributed by atoms with Crippen LogP contribution in [0, 0.1) is 18.3 Å². The van der Waals surface area contributed by atoms with Crippen LogP contribution in [0.25, 0.3) is 17.2 Å². The van der Waals surface area contributed by atoms with Crippen molar-refractivity contribution in [2.75, 3.05) is 19.5 Å². The van der Waals surface area contributed by atoms with Crippen molar-refractivity contribution in [1.82, 2.24) is 0 Å². The highest BCUT2D eigenvalue weighted by atomic mass is 32.1. The quantitative estimate of drug-likeness (QED) is 0.334. The highest BCUT2D eigenvalue weighted by molar-refractivity contribution is 7.17. The van der Waals surface area contributed by atoms with Crippen LogP contribution in [0.3, 0.4) is 0 Å². The van der Waals surface area contributed by atoms with Crippen molar-refractivity contribution in [3.63, 3.8) is 0 Å². The molecule has 3 rings (SSSR count). The first-order valence-corrected chi connectivity index (χ1v) is 10.1. The molecule has 0 aliphatic carbocycles. The third-order valence-corrected chi connectivity index (χ3v) is 5.59. The smallest absolute Gasteiger partial charge is 0.341 e. The van der Waals surface area contributed by atoms with Gasteiger partial charge in [0.1, 0.15) is 28.0 Å². The lowest BCUT2D eigenvalue weighted by atomic mass is 10.0. The van der Waals surface area contributed by atoms with Crippen molar-refractivity contribution < 1.29 is 19.1 Å². The molecule has 0 fully saturated rings. The molecule has 0 aliphatic rings. The zero-order chi connectivity index (χ0) is 22.4. The molecule has 156 valence electrons. The first-order chi connectivity index (χ1) is 15.0. The maximum Gasteiger partial charge on any atom is 0.341 e. The van der Waals surface area contributed by atoms with Gasteiger partial charge in [0.25, 0.3) is 5.91 Å². The number of hydrogen-bond acceptors (Lipinski definition) is 6. The minimum absolute atomic E-state index is 0.118. The average molecular weight is 433 g/mol. The molecule has 0 unspecified atom stereocenters. The van der Waals surface area contributed by atoms with Gasteiger partial charge in [0.05, 0.1) is 14.2 Å². The monoisotopic (exact) mass is 432 g/mol. The Labute approximate surface area is 184 Å². The molecule has 2 aromatic carbocycles. The SMILES string of the molecule is COC(=O)c1c(NC(=O)C(C#N)=Cc2ccccc2OC)sc(C)c1-c1ccccc1. The Morgan fingerprint density at radius 2 is 1.74 bits per heavy atom. The second kappa shape index (κ2) is 9.74. The van der Waals surface area contributed by atoms with Crippen molar-refractivity contribution in [2.45, 2.75) is 6.92 Å². The summed E-state index contributed by atoms with van der Waals surface area (Å²) < 4.78 is 10.2. The maximum atomic E-state index is 12.9. The summed E-state index contributed by atoms with van der Waals surface area (Å²) in [6.45, 7) is 1.87. The molecule has 1 aromatic heterocycles. The van der Waals surface area contributed by atoms with Crippen LogP contribution in [0.5, 0.6) is 5.75 Å². The van der Waals surface area contributed by atoms with Crippen molar-refractivity contribution in [2.24, 2.45) is 0 Å². The molecule has 0 radical (unpaired) electrons. The van der Waals surface area contributed by atoms with Crippen LogP contribution in [-0.4, -0.2) is 26.1 Å². The van der Waals surface area contributed by atoms with Crippen LogP contribution >= 0.6 is 11.3 Å². The Balaban J connectivity index is 2.02. The highest BCUT2D eigenvalue weighted by Crippen LogP contribution is 2.40. The molecule has 31 heavy (non-hydrogen) atoms. The maximum absolute atomic E-state index is 12.9. The van der Waals surface area contributed by atoms with Gasteiger partial charge in [-0.3, -0.25) is 4.79 Å². The lowest BCUT2D eigenvalue weighted by Crippen LogP contribution is -2.15. The molecule has 1 amide bonds. The molecular weight excluding hydrogens is 412 g/mol. The number of methoxy groups -OCH3 is 2. The fourth-order valence-corrected chi connectivity index (χ4v) is 4.20. The second-order valence-corrected chi connectivity index (χ2v) is 7.69. The largest absolute Gasteiger partial charge is 0.496 e. The Bertz CT molecular complexity index is 1190. The Morgan fingerprint density at radius 1 is 1.06 bits per heavy atom. The molecule has 0 spiro atoms. The van der Waals surface area contributed by atoms with Gasteiger partial charge in [-0.05, 0) is 24.6 Å². The van der Waals surface area contributed by atoms with Crippen LogP contribution in [0.1, 0.15) is 20.8 Å². The van der Waals surface area contributed by atoms with Crippen LogP contribution in [0.15, 0.2) is 60.2 Å². The molecule has 1 N–H and O–H groups in total. The summed E-state index contributed by atoms with van der Waals surface area (Å²) in [5.74, 6) is -0.651. The van der Waals surface area contributed by atoms with Gasteiger partial charge in [0, 0.05) is 16.0 Å². The molecular formula is C24H20N2O4S. The van der Waals surface area contributed by atoms with E-state index in [1.165, 1.54) is 31.6 Å². The summed E-state index contributed by atoms with van der Waals surface area (Å²) in [5.41, 5.74) is 2.27. The number of para-hydroxylation sites is 1. The number of anilines is 1. The lowest BCUT2D eigenvalue weighted by Gasteiger charge is -2.08. The summed E-state index contributed by atoms with van der Waals surface area (Å²) in [5, 5.41) is 12.6. The molecule has 0 saturated heterocycles. The molecule has 3 aromatic rings. The van der Waals surface area contributed by atoms with Gasteiger partial charge >= 0.3 is 5.97 Å². The van der Waals surface area contributed by atoms with E-state index in [0.717, 1.165) is 10.4 Å². The number of carbonyl (C=O) groups excluding carboxylic acids is 2. The molecule has 0 bridgehead atoms. The fourth-order valence-electron chi connectivity index (χ4n) is 3.14. The first kappa shape index (κ1) is 21.8. The number of nitriles is 1. The third kappa shape index (κ3) is 4.65. The van der Waals surface area contributed by atoms with Gasteiger partial charge in [-0.1, -0.05) is 48.5 Å². The number of nitrogens with one attached hydrogen (secondary N) is 1. The zero-order valence-corrected chi connectivity index (χ0v) is 18.1. The van der Waals surface area contributed by atoms with E-state index in [-0.39, 0.29) is 11.1 Å². The van der Waals surface area contributed by atoms with Crippen LogP contribution in [0.2, 0.25) is 0 Å². The number of ether oxygens (including phenoxy) is 2. The van der Waals surface area contributed by atoms with E-state index in [1.54, 1.807) is 24.3 Å². The third-order valence-electron chi connectivity index (χ3n) is 4.57. The number of hydrogen-bond donors (Lipinski definition) is 1. The summed E-state index contributed by atoms with van der Waals surface area (Å²) in [6, 6.07) is 18.4. The van der Waals surface area contributed by atoms with E-state index in [2.05, 4.69) is 5.32 Å². The minimum atomic E-state index is -0.626. The molecule has 0 saturated carbocycles. The Morgan fingerprint density at radius 3 is 2.39 bits per heavy atom. The predicted molar refractivity (Wildman–Crippen MR) is 121 cm³/mol. The molecule has 7 heteroatoms. The zero-order valence-electron chi connectivity index (χ0n) is 17.3.